The van der Waals surface area contributed by atoms with Gasteiger partial charge < -0.3 is 19.1 Å². The van der Waals surface area contributed by atoms with Crippen molar-refractivity contribution >= 4 is 17.9 Å². The van der Waals surface area contributed by atoms with E-state index in [1.54, 1.807) is 0 Å². The molecular weight excluding hydrogens is 711 g/mol. The molecule has 0 aromatic carbocycles. The van der Waals surface area contributed by atoms with Gasteiger partial charge in [0, 0.05) is 6.42 Å². The van der Waals surface area contributed by atoms with E-state index < -0.39 is 0 Å². The largest absolute Gasteiger partial charge is 0.466 e. The second-order valence-corrected chi connectivity index (χ2v) is 17.1. The Kier molecular flexibility index (Phi) is 42.7. The molecule has 0 unspecified atom stereocenters. The van der Waals surface area contributed by atoms with E-state index >= 15 is 0 Å². The molecule has 7 heteroatoms. The Hall–Kier alpha value is -1.63. The lowest BCUT2D eigenvalue weighted by Gasteiger charge is -2.22. The number of unbranched alkanes of at least 4 members (excludes halogenated alkanes) is 22. The maximum absolute atomic E-state index is 13.0. The second-order valence-electron chi connectivity index (χ2n) is 17.1. The number of nitrogens with zero attached hydrogens (tertiary/aromatic N) is 1. The zero-order valence-electron chi connectivity index (χ0n) is 38.8. The van der Waals surface area contributed by atoms with Crippen LogP contribution in [0.5, 0.6) is 0 Å². The fourth-order valence-electron chi connectivity index (χ4n) is 7.92. The molecule has 0 fully saturated rings. The van der Waals surface area contributed by atoms with Gasteiger partial charge in [-0.25, -0.2) is 0 Å². The van der Waals surface area contributed by atoms with Crippen molar-refractivity contribution in [2.24, 2.45) is 11.8 Å². The van der Waals surface area contributed by atoms with E-state index in [0.29, 0.717) is 26.2 Å². The third-order valence-electron chi connectivity index (χ3n) is 11.7. The number of hydrogen-bond acceptors (Lipinski definition) is 7. The summed E-state index contributed by atoms with van der Waals surface area (Å²) in [5.41, 5.74) is 0. The van der Waals surface area contributed by atoms with Crippen molar-refractivity contribution in [2.45, 2.75) is 253 Å². The molecule has 0 saturated carbocycles. The number of rotatable bonds is 45. The van der Waals surface area contributed by atoms with Gasteiger partial charge in [0.1, 0.15) is 0 Å². The summed E-state index contributed by atoms with van der Waals surface area (Å²) in [5, 5.41) is 0. The molecule has 2 atom stereocenters. The Balaban J connectivity index is 4.57. The number of carbonyl (C=O) groups excluding carboxylic acids is 3. The zero-order valence-corrected chi connectivity index (χ0v) is 38.8. The minimum atomic E-state index is -0.105. The Morgan fingerprint density at radius 2 is 0.684 bits per heavy atom. The van der Waals surface area contributed by atoms with Crippen LogP contribution in [0, 0.1) is 11.8 Å². The van der Waals surface area contributed by atoms with Gasteiger partial charge in [-0.05, 0) is 84.3 Å². The van der Waals surface area contributed by atoms with E-state index in [-0.39, 0.29) is 29.7 Å². The molecule has 0 heterocycles. The van der Waals surface area contributed by atoms with Crippen molar-refractivity contribution < 1.29 is 28.6 Å². The highest BCUT2D eigenvalue weighted by atomic mass is 16.5. The Morgan fingerprint density at radius 3 is 1.07 bits per heavy atom. The normalized spacial score (nSPS) is 12.5. The standard InChI is InChI=1S/C50H97NO6/c1-6-11-15-19-21-29-38-46(36-27-17-13-8-3)49(53)56-44-33-25-23-31-41-51(43-35-40-48(52)55-10-5)42-32-24-26-34-45-57-50(54)47(37-28-18-14-9-4)39-30-22-20-16-12-7-2/h46-47H,6-45H2,1-5H3/t46-,47-/m0/s1. The maximum atomic E-state index is 13.0. The fourth-order valence-corrected chi connectivity index (χ4v) is 7.92. The van der Waals surface area contributed by atoms with Crippen LogP contribution in [-0.4, -0.2) is 62.3 Å². The van der Waals surface area contributed by atoms with E-state index in [4.69, 9.17) is 14.2 Å². The lowest BCUT2D eigenvalue weighted by molar-refractivity contribution is -0.150. The first kappa shape index (κ1) is 55.4. The van der Waals surface area contributed by atoms with Crippen LogP contribution in [0.2, 0.25) is 0 Å². The van der Waals surface area contributed by atoms with Crippen LogP contribution >= 0.6 is 0 Å². The van der Waals surface area contributed by atoms with Crippen molar-refractivity contribution in [3.8, 4) is 0 Å². The van der Waals surface area contributed by atoms with Crippen molar-refractivity contribution in [2.75, 3.05) is 39.5 Å². The second kappa shape index (κ2) is 43.9. The summed E-state index contributed by atoms with van der Waals surface area (Å²) < 4.78 is 16.8. The molecule has 57 heavy (non-hydrogen) atoms. The lowest BCUT2D eigenvalue weighted by Crippen LogP contribution is -2.28. The maximum Gasteiger partial charge on any atom is 0.308 e. The number of ether oxygens (including phenoxy) is 3. The predicted molar refractivity (Wildman–Crippen MR) is 242 cm³/mol. The average molecular weight is 808 g/mol. The number of hydrogen-bond donors (Lipinski definition) is 0. The topological polar surface area (TPSA) is 82.1 Å². The zero-order chi connectivity index (χ0) is 41.9. The summed E-state index contributed by atoms with van der Waals surface area (Å²) in [4.78, 5) is 40.5. The summed E-state index contributed by atoms with van der Waals surface area (Å²) in [6, 6.07) is 0. The van der Waals surface area contributed by atoms with Crippen LogP contribution < -0.4 is 0 Å². The van der Waals surface area contributed by atoms with Crippen LogP contribution in [0.15, 0.2) is 0 Å². The van der Waals surface area contributed by atoms with Crippen LogP contribution in [-0.2, 0) is 28.6 Å². The number of esters is 3. The molecule has 0 aliphatic carbocycles. The van der Waals surface area contributed by atoms with Crippen LogP contribution in [0.3, 0.4) is 0 Å². The van der Waals surface area contributed by atoms with Crippen LogP contribution in [0.1, 0.15) is 253 Å². The molecule has 0 amide bonds. The first-order valence-electron chi connectivity index (χ1n) is 25.1. The highest BCUT2D eigenvalue weighted by molar-refractivity contribution is 5.72. The summed E-state index contributed by atoms with van der Waals surface area (Å²) in [6.07, 6.45) is 38.4. The van der Waals surface area contributed by atoms with Gasteiger partial charge in [-0.1, -0.05) is 182 Å². The van der Waals surface area contributed by atoms with Crippen LogP contribution in [0.25, 0.3) is 0 Å². The van der Waals surface area contributed by atoms with E-state index in [2.05, 4.69) is 32.6 Å². The first-order valence-corrected chi connectivity index (χ1v) is 25.1. The third-order valence-corrected chi connectivity index (χ3v) is 11.7. The molecule has 7 nitrogen and oxygen atoms in total. The van der Waals surface area contributed by atoms with Crippen LogP contribution in [0.4, 0.5) is 0 Å². The molecule has 0 aromatic rings. The van der Waals surface area contributed by atoms with Gasteiger partial charge in [0.25, 0.3) is 0 Å². The van der Waals surface area contributed by atoms with Crippen molar-refractivity contribution in [1.29, 1.82) is 0 Å². The van der Waals surface area contributed by atoms with E-state index in [9.17, 15) is 14.4 Å². The SMILES string of the molecule is CCCCCCCC[C@H](CCCCCC)C(=O)OCCCCCCN(CCCCCCOC(=O)[C@@H](CCCCCC)CCCCCCCC)CCCC(=O)OCC. The summed E-state index contributed by atoms with van der Waals surface area (Å²) in [6.45, 7) is 15.3. The van der Waals surface area contributed by atoms with Gasteiger partial charge in [0.15, 0.2) is 0 Å². The van der Waals surface area contributed by atoms with Gasteiger partial charge >= 0.3 is 17.9 Å². The molecule has 0 aliphatic rings. The Morgan fingerprint density at radius 1 is 0.368 bits per heavy atom. The Labute approximate surface area is 354 Å². The average Bonchev–Trinajstić information content (AvgIpc) is 3.20. The summed E-state index contributed by atoms with van der Waals surface area (Å²) >= 11 is 0. The van der Waals surface area contributed by atoms with Gasteiger partial charge in [-0.2, -0.15) is 0 Å². The molecule has 0 spiro atoms. The predicted octanol–water partition coefficient (Wildman–Crippen LogP) is 14.5. The molecule has 0 bridgehead atoms. The van der Waals surface area contributed by atoms with Crippen molar-refractivity contribution in [1.82, 2.24) is 4.90 Å². The van der Waals surface area contributed by atoms with Gasteiger partial charge in [0.05, 0.1) is 31.7 Å². The minimum Gasteiger partial charge on any atom is -0.466 e. The van der Waals surface area contributed by atoms with E-state index in [0.717, 1.165) is 129 Å². The molecule has 0 saturated heterocycles. The third kappa shape index (κ3) is 37.1. The molecule has 0 N–H and O–H groups in total. The van der Waals surface area contributed by atoms with Gasteiger partial charge in [-0.15, -0.1) is 0 Å². The molecule has 0 aromatic heterocycles. The minimum absolute atomic E-state index is 0.0384. The van der Waals surface area contributed by atoms with Crippen molar-refractivity contribution in [3.05, 3.63) is 0 Å². The molecular formula is C50H97NO6. The molecule has 0 aliphatic heterocycles. The summed E-state index contributed by atoms with van der Waals surface area (Å²) in [7, 11) is 0. The molecule has 0 radical (unpaired) electrons. The quantitative estimate of drug-likeness (QED) is 0.0344. The summed E-state index contributed by atoms with van der Waals surface area (Å²) in [5.74, 6) is 0.117. The highest BCUT2D eigenvalue weighted by Crippen LogP contribution is 2.22. The molecule has 0 rings (SSSR count). The Bertz CT molecular complexity index is 823. The highest BCUT2D eigenvalue weighted by Gasteiger charge is 2.20. The fraction of sp³-hybridized carbons (Fsp3) is 0.940. The van der Waals surface area contributed by atoms with E-state index in [1.807, 2.05) is 6.92 Å². The number of carbonyl (C=O) groups is 3. The first-order chi connectivity index (χ1) is 27.9. The van der Waals surface area contributed by atoms with E-state index in [1.165, 1.54) is 103 Å². The lowest BCUT2D eigenvalue weighted by atomic mass is 9.94. The van der Waals surface area contributed by atoms with Crippen molar-refractivity contribution in [3.63, 3.8) is 0 Å². The van der Waals surface area contributed by atoms with Gasteiger partial charge in [0.2, 0.25) is 0 Å². The smallest absolute Gasteiger partial charge is 0.308 e. The monoisotopic (exact) mass is 808 g/mol. The molecule has 338 valence electrons. The van der Waals surface area contributed by atoms with Gasteiger partial charge in [-0.3, -0.25) is 14.4 Å².